The van der Waals surface area contributed by atoms with Crippen molar-refractivity contribution in [1.29, 1.82) is 0 Å². The lowest BCUT2D eigenvalue weighted by Gasteiger charge is -2.07. The van der Waals surface area contributed by atoms with Gasteiger partial charge in [0.25, 0.3) is 0 Å². The average Bonchev–Trinajstić information content (AvgIpc) is 2.20. The average molecular weight is 266 g/mol. The van der Waals surface area contributed by atoms with Gasteiger partial charge in [0.2, 0.25) is 5.91 Å². The predicted octanol–water partition coefficient (Wildman–Crippen LogP) is -1.27. The third-order valence-electron chi connectivity index (χ3n) is 2.03. The van der Waals surface area contributed by atoms with Gasteiger partial charge in [-0.2, -0.15) is 0 Å². The van der Waals surface area contributed by atoms with Crippen LogP contribution in [0.2, 0.25) is 0 Å². The highest BCUT2D eigenvalue weighted by Gasteiger charge is 2.11. The largest absolute Gasteiger partial charge is 0.480 e. The van der Waals surface area contributed by atoms with E-state index in [4.69, 9.17) is 10.8 Å². The van der Waals surface area contributed by atoms with Crippen molar-refractivity contribution in [2.24, 2.45) is 5.73 Å². The van der Waals surface area contributed by atoms with E-state index < -0.39 is 21.8 Å². The van der Waals surface area contributed by atoms with E-state index in [9.17, 15) is 18.0 Å². The first-order chi connectivity index (χ1) is 7.72. The van der Waals surface area contributed by atoms with Crippen LogP contribution in [0.15, 0.2) is 0 Å². The van der Waals surface area contributed by atoms with Gasteiger partial charge in [0.1, 0.15) is 15.9 Å². The summed E-state index contributed by atoms with van der Waals surface area (Å²) in [5.74, 6) is -1.62. The van der Waals surface area contributed by atoms with E-state index in [0.717, 1.165) is 6.26 Å². The minimum absolute atomic E-state index is 0.0795. The number of hydrogen-bond donors (Lipinski definition) is 3. The topological polar surface area (TPSA) is 127 Å². The summed E-state index contributed by atoms with van der Waals surface area (Å²) in [5, 5.41) is 11.0. The number of carbonyl (C=O) groups is 2. The lowest BCUT2D eigenvalue weighted by molar-refractivity contribution is -0.138. The number of nitrogens with one attached hydrogen (secondary N) is 1. The normalized spacial score (nSPS) is 13.1. The van der Waals surface area contributed by atoms with E-state index in [1.807, 2.05) is 0 Å². The summed E-state index contributed by atoms with van der Waals surface area (Å²) < 4.78 is 21.5. The molecule has 0 rings (SSSR count). The van der Waals surface area contributed by atoms with Gasteiger partial charge in [0.05, 0.1) is 5.75 Å². The minimum Gasteiger partial charge on any atom is -0.480 e. The highest BCUT2D eigenvalue weighted by Crippen LogP contribution is 1.94. The summed E-state index contributed by atoms with van der Waals surface area (Å²) >= 11 is 0. The number of carboxylic acids is 1. The second-order valence-electron chi connectivity index (χ2n) is 3.82. The molecule has 0 aromatic rings. The molecule has 4 N–H and O–H groups in total. The van der Waals surface area contributed by atoms with E-state index in [1.54, 1.807) is 0 Å². The number of nitrogens with two attached hydrogens (primary N) is 1. The van der Waals surface area contributed by atoms with Crippen molar-refractivity contribution < 1.29 is 23.1 Å². The Labute approximate surface area is 100 Å². The number of carbonyl (C=O) groups excluding carboxylic acids is 1. The molecule has 1 unspecified atom stereocenters. The van der Waals surface area contributed by atoms with E-state index >= 15 is 0 Å². The molecule has 0 aromatic heterocycles. The number of carboxylic acid groups (broad SMARTS) is 1. The molecule has 1 atom stereocenters. The Bertz CT molecular complexity index is 366. The van der Waals surface area contributed by atoms with Crippen LogP contribution >= 0.6 is 0 Å². The molecule has 0 aromatic carbocycles. The van der Waals surface area contributed by atoms with E-state index in [2.05, 4.69) is 5.32 Å². The van der Waals surface area contributed by atoms with E-state index in [-0.39, 0.29) is 24.5 Å². The third kappa shape index (κ3) is 9.76. The smallest absolute Gasteiger partial charge is 0.320 e. The van der Waals surface area contributed by atoms with Crippen LogP contribution < -0.4 is 11.1 Å². The van der Waals surface area contributed by atoms with Crippen LogP contribution in [-0.2, 0) is 19.4 Å². The maximum absolute atomic E-state index is 11.1. The monoisotopic (exact) mass is 266 g/mol. The zero-order chi connectivity index (χ0) is 13.5. The van der Waals surface area contributed by atoms with Crippen LogP contribution in [0.5, 0.6) is 0 Å². The summed E-state index contributed by atoms with van der Waals surface area (Å²) in [6.07, 6.45) is 1.69. The quantitative estimate of drug-likeness (QED) is 0.470. The Morgan fingerprint density at radius 2 is 2.00 bits per heavy atom. The number of amides is 1. The maximum atomic E-state index is 11.1. The molecule has 0 saturated heterocycles. The molecular formula is C9H18N2O5S. The van der Waals surface area contributed by atoms with Gasteiger partial charge < -0.3 is 16.2 Å². The summed E-state index contributed by atoms with van der Waals surface area (Å²) in [5.41, 5.74) is 5.26. The molecule has 0 saturated carbocycles. The van der Waals surface area contributed by atoms with Crippen molar-refractivity contribution in [3.63, 3.8) is 0 Å². The van der Waals surface area contributed by atoms with E-state index in [0.29, 0.717) is 13.0 Å². The number of sulfone groups is 1. The summed E-state index contributed by atoms with van der Waals surface area (Å²) in [6.45, 7) is 0.295. The fourth-order valence-electron chi connectivity index (χ4n) is 1.04. The second kappa shape index (κ2) is 7.23. The van der Waals surface area contributed by atoms with Crippen molar-refractivity contribution in [2.75, 3.05) is 18.6 Å². The predicted molar refractivity (Wildman–Crippen MR) is 62.2 cm³/mol. The standard InChI is InChI=1S/C9H18N2O5S/c1-17(15,16)6-4-8(12)11-5-2-3-7(10)9(13)14/h7H,2-6,10H2,1H3,(H,11,12)(H,13,14). The van der Waals surface area contributed by atoms with Gasteiger partial charge in [-0.15, -0.1) is 0 Å². The summed E-state index contributed by atoms with van der Waals surface area (Å²) in [6, 6.07) is -0.928. The van der Waals surface area contributed by atoms with Gasteiger partial charge in [-0.05, 0) is 12.8 Å². The van der Waals surface area contributed by atoms with Crippen LogP contribution in [0.4, 0.5) is 0 Å². The molecule has 0 bridgehead atoms. The zero-order valence-corrected chi connectivity index (χ0v) is 10.5. The number of aliphatic carboxylic acids is 1. The fraction of sp³-hybridized carbons (Fsp3) is 0.778. The van der Waals surface area contributed by atoms with Crippen molar-refractivity contribution in [3.8, 4) is 0 Å². The Hall–Kier alpha value is -1.15. The summed E-state index contributed by atoms with van der Waals surface area (Å²) in [7, 11) is -3.13. The fourth-order valence-corrected chi connectivity index (χ4v) is 1.60. The summed E-state index contributed by atoms with van der Waals surface area (Å²) in [4.78, 5) is 21.5. The van der Waals surface area contributed by atoms with Crippen LogP contribution in [0.3, 0.4) is 0 Å². The highest BCUT2D eigenvalue weighted by molar-refractivity contribution is 7.90. The lowest BCUT2D eigenvalue weighted by Crippen LogP contribution is -2.32. The lowest BCUT2D eigenvalue weighted by atomic mass is 10.2. The molecule has 0 spiro atoms. The van der Waals surface area contributed by atoms with Crippen molar-refractivity contribution in [1.82, 2.24) is 5.32 Å². The third-order valence-corrected chi connectivity index (χ3v) is 2.98. The van der Waals surface area contributed by atoms with Gasteiger partial charge in [0.15, 0.2) is 0 Å². The molecule has 17 heavy (non-hydrogen) atoms. The Morgan fingerprint density at radius 3 is 2.47 bits per heavy atom. The molecule has 0 heterocycles. The van der Waals surface area contributed by atoms with Gasteiger partial charge in [-0.3, -0.25) is 9.59 Å². The van der Waals surface area contributed by atoms with Crippen LogP contribution in [-0.4, -0.2) is 50.0 Å². The molecule has 8 heteroatoms. The first-order valence-electron chi connectivity index (χ1n) is 5.15. The van der Waals surface area contributed by atoms with Gasteiger partial charge in [-0.1, -0.05) is 0 Å². The van der Waals surface area contributed by atoms with Crippen molar-refractivity contribution >= 4 is 21.7 Å². The van der Waals surface area contributed by atoms with Gasteiger partial charge in [0, 0.05) is 19.2 Å². The molecule has 0 radical (unpaired) electrons. The molecule has 0 aliphatic heterocycles. The van der Waals surface area contributed by atoms with Gasteiger partial charge >= 0.3 is 5.97 Å². The number of rotatable bonds is 8. The van der Waals surface area contributed by atoms with Crippen LogP contribution in [0.25, 0.3) is 0 Å². The first kappa shape index (κ1) is 15.9. The molecule has 0 aliphatic rings. The molecule has 7 nitrogen and oxygen atoms in total. The molecule has 100 valence electrons. The van der Waals surface area contributed by atoms with Crippen molar-refractivity contribution in [2.45, 2.75) is 25.3 Å². The Balaban J connectivity index is 3.62. The molecular weight excluding hydrogens is 248 g/mol. The minimum atomic E-state index is -3.13. The first-order valence-corrected chi connectivity index (χ1v) is 7.21. The van der Waals surface area contributed by atoms with Crippen molar-refractivity contribution in [3.05, 3.63) is 0 Å². The highest BCUT2D eigenvalue weighted by atomic mass is 32.2. The maximum Gasteiger partial charge on any atom is 0.320 e. The van der Waals surface area contributed by atoms with E-state index in [1.165, 1.54) is 0 Å². The van der Waals surface area contributed by atoms with Crippen LogP contribution in [0.1, 0.15) is 19.3 Å². The molecule has 0 fully saturated rings. The Morgan fingerprint density at radius 1 is 1.41 bits per heavy atom. The van der Waals surface area contributed by atoms with Gasteiger partial charge in [-0.25, -0.2) is 8.42 Å². The molecule has 0 aliphatic carbocycles. The number of hydrogen-bond acceptors (Lipinski definition) is 5. The second-order valence-corrected chi connectivity index (χ2v) is 6.08. The molecule has 1 amide bonds. The van der Waals surface area contributed by atoms with Crippen LogP contribution in [0, 0.1) is 0 Å². The Kier molecular flexibility index (Phi) is 6.74. The zero-order valence-electron chi connectivity index (χ0n) is 9.68. The SMILES string of the molecule is CS(=O)(=O)CCC(=O)NCCCC(N)C(=O)O.